The molecular formula is C21H33ClN4. The predicted octanol–water partition coefficient (Wildman–Crippen LogP) is 4.15. The summed E-state index contributed by atoms with van der Waals surface area (Å²) in [6, 6.07) is 10.7. The molecule has 1 aliphatic rings. The molecule has 0 radical (unpaired) electrons. The van der Waals surface area contributed by atoms with Gasteiger partial charge in [-0.2, -0.15) is 5.10 Å². The van der Waals surface area contributed by atoms with Crippen molar-refractivity contribution in [2.45, 2.75) is 59.0 Å². The van der Waals surface area contributed by atoms with Crippen LogP contribution in [-0.2, 0) is 12.0 Å². The maximum atomic E-state index is 6.30. The van der Waals surface area contributed by atoms with Gasteiger partial charge in [0.25, 0.3) is 0 Å². The summed E-state index contributed by atoms with van der Waals surface area (Å²) in [5, 5.41) is 4.93. The Morgan fingerprint density at radius 3 is 2.42 bits per heavy atom. The first-order valence-electron chi connectivity index (χ1n) is 9.29. The molecule has 0 saturated carbocycles. The van der Waals surface area contributed by atoms with Crippen LogP contribution in [0.3, 0.4) is 0 Å². The van der Waals surface area contributed by atoms with Gasteiger partial charge in [-0.05, 0) is 24.0 Å². The Kier molecular flexibility index (Phi) is 6.21. The van der Waals surface area contributed by atoms with E-state index in [1.54, 1.807) is 0 Å². The number of hydrogen-bond acceptors (Lipinski definition) is 3. The Bertz CT molecular complexity index is 715. The van der Waals surface area contributed by atoms with Crippen molar-refractivity contribution in [3.8, 4) is 5.69 Å². The number of para-hydroxylation sites is 1. The Morgan fingerprint density at radius 1 is 1.19 bits per heavy atom. The topological polar surface area (TPSA) is 47.1 Å². The summed E-state index contributed by atoms with van der Waals surface area (Å²) < 4.78 is 2.02. The molecule has 0 spiro atoms. The molecule has 1 aliphatic heterocycles. The number of piperidine rings is 1. The van der Waals surface area contributed by atoms with Gasteiger partial charge in [0.15, 0.2) is 0 Å². The van der Waals surface area contributed by atoms with Crippen LogP contribution in [0.2, 0.25) is 0 Å². The smallest absolute Gasteiger partial charge is 0.0727 e. The minimum atomic E-state index is 0. The second-order valence-electron chi connectivity index (χ2n) is 9.13. The van der Waals surface area contributed by atoms with Gasteiger partial charge in [0, 0.05) is 42.9 Å². The van der Waals surface area contributed by atoms with Gasteiger partial charge < -0.3 is 5.73 Å². The monoisotopic (exact) mass is 376 g/mol. The fraction of sp³-hybridized carbons (Fsp3) is 0.571. The number of rotatable bonds is 3. The highest BCUT2D eigenvalue weighted by Crippen LogP contribution is 2.31. The zero-order valence-corrected chi connectivity index (χ0v) is 17.5. The standard InChI is InChI=1S/C21H32N4.ClH/c1-20(2,3)19-16(13-24-12-11-18(22)21(4,5)15-24)14-25(23-19)17-9-7-6-8-10-17;/h6-10,14,18H,11-13,15,22H2,1-5H3;1H. The lowest BCUT2D eigenvalue weighted by Crippen LogP contribution is -2.52. The van der Waals surface area contributed by atoms with Crippen LogP contribution in [0.25, 0.3) is 5.69 Å². The van der Waals surface area contributed by atoms with E-state index in [2.05, 4.69) is 70.0 Å². The summed E-state index contributed by atoms with van der Waals surface area (Å²) in [5.74, 6) is 0. The number of nitrogens with two attached hydrogens (primary N) is 1. The van der Waals surface area contributed by atoms with Gasteiger partial charge in [-0.25, -0.2) is 4.68 Å². The number of aromatic nitrogens is 2. The van der Waals surface area contributed by atoms with E-state index >= 15 is 0 Å². The van der Waals surface area contributed by atoms with Gasteiger partial charge in [0.05, 0.1) is 11.4 Å². The maximum Gasteiger partial charge on any atom is 0.0727 e. The predicted molar refractivity (Wildman–Crippen MR) is 111 cm³/mol. The maximum absolute atomic E-state index is 6.30. The van der Waals surface area contributed by atoms with Crippen LogP contribution in [0.1, 0.15) is 52.3 Å². The van der Waals surface area contributed by atoms with Crippen LogP contribution in [0.15, 0.2) is 36.5 Å². The molecular weight excluding hydrogens is 344 g/mol. The molecule has 2 heterocycles. The molecule has 1 saturated heterocycles. The summed E-state index contributed by atoms with van der Waals surface area (Å²) in [7, 11) is 0. The lowest BCUT2D eigenvalue weighted by atomic mass is 9.79. The third-order valence-electron chi connectivity index (χ3n) is 5.31. The summed E-state index contributed by atoms with van der Waals surface area (Å²) in [5.41, 5.74) is 10.1. The van der Waals surface area contributed by atoms with Crippen molar-refractivity contribution in [2.75, 3.05) is 13.1 Å². The molecule has 1 atom stereocenters. The number of benzene rings is 1. The van der Waals surface area contributed by atoms with Gasteiger partial charge in [-0.3, -0.25) is 4.90 Å². The molecule has 26 heavy (non-hydrogen) atoms. The number of hydrogen-bond donors (Lipinski definition) is 1. The summed E-state index contributed by atoms with van der Waals surface area (Å²) >= 11 is 0. The molecule has 3 rings (SSSR count). The minimum Gasteiger partial charge on any atom is -0.327 e. The molecule has 2 N–H and O–H groups in total. The van der Waals surface area contributed by atoms with Gasteiger partial charge in [-0.15, -0.1) is 12.4 Å². The van der Waals surface area contributed by atoms with Crippen molar-refractivity contribution in [1.29, 1.82) is 0 Å². The Labute approximate surface area is 164 Å². The van der Waals surface area contributed by atoms with Crippen molar-refractivity contribution < 1.29 is 0 Å². The third kappa shape index (κ3) is 4.48. The molecule has 1 aromatic heterocycles. The largest absolute Gasteiger partial charge is 0.327 e. The minimum absolute atomic E-state index is 0. The van der Waals surface area contributed by atoms with Crippen LogP contribution in [-0.4, -0.2) is 33.8 Å². The van der Waals surface area contributed by atoms with Gasteiger partial charge in [0.1, 0.15) is 0 Å². The van der Waals surface area contributed by atoms with Crippen molar-refractivity contribution >= 4 is 12.4 Å². The van der Waals surface area contributed by atoms with E-state index in [0.717, 1.165) is 31.7 Å². The first-order chi connectivity index (χ1) is 11.7. The molecule has 144 valence electrons. The first kappa shape index (κ1) is 20.9. The Morgan fingerprint density at radius 2 is 1.85 bits per heavy atom. The lowest BCUT2D eigenvalue weighted by Gasteiger charge is -2.42. The van der Waals surface area contributed by atoms with E-state index < -0.39 is 0 Å². The average Bonchev–Trinajstić information content (AvgIpc) is 2.96. The van der Waals surface area contributed by atoms with Gasteiger partial charge >= 0.3 is 0 Å². The van der Waals surface area contributed by atoms with Gasteiger partial charge in [-0.1, -0.05) is 52.8 Å². The van der Waals surface area contributed by atoms with Crippen LogP contribution in [0.5, 0.6) is 0 Å². The van der Waals surface area contributed by atoms with Crippen molar-refractivity contribution in [3.63, 3.8) is 0 Å². The quantitative estimate of drug-likeness (QED) is 0.875. The molecule has 1 fully saturated rings. The van der Waals surface area contributed by atoms with E-state index in [4.69, 9.17) is 10.8 Å². The molecule has 1 aromatic carbocycles. The number of nitrogens with zero attached hydrogens (tertiary/aromatic N) is 3. The highest BCUT2D eigenvalue weighted by atomic mass is 35.5. The van der Waals surface area contributed by atoms with Crippen molar-refractivity contribution in [2.24, 2.45) is 11.1 Å². The van der Waals surface area contributed by atoms with Crippen molar-refractivity contribution in [1.82, 2.24) is 14.7 Å². The van der Waals surface area contributed by atoms with E-state index in [-0.39, 0.29) is 29.3 Å². The van der Waals surface area contributed by atoms with E-state index in [9.17, 15) is 0 Å². The van der Waals surface area contributed by atoms with E-state index in [1.807, 2.05) is 10.7 Å². The first-order valence-corrected chi connectivity index (χ1v) is 9.29. The van der Waals surface area contributed by atoms with Gasteiger partial charge in [0.2, 0.25) is 0 Å². The third-order valence-corrected chi connectivity index (χ3v) is 5.31. The molecule has 1 unspecified atom stereocenters. The molecule has 0 aliphatic carbocycles. The highest BCUT2D eigenvalue weighted by molar-refractivity contribution is 5.85. The second-order valence-corrected chi connectivity index (χ2v) is 9.13. The zero-order valence-electron chi connectivity index (χ0n) is 16.7. The van der Waals surface area contributed by atoms with Crippen LogP contribution in [0.4, 0.5) is 0 Å². The van der Waals surface area contributed by atoms with Crippen LogP contribution in [0, 0.1) is 5.41 Å². The van der Waals surface area contributed by atoms with Crippen LogP contribution < -0.4 is 5.73 Å². The fourth-order valence-corrected chi connectivity index (χ4v) is 3.73. The zero-order chi connectivity index (χ0) is 18.2. The number of halogens is 1. The molecule has 0 amide bonds. The normalized spacial score (nSPS) is 20.6. The second kappa shape index (κ2) is 7.71. The van der Waals surface area contributed by atoms with Crippen molar-refractivity contribution in [3.05, 3.63) is 47.8 Å². The molecule has 4 nitrogen and oxygen atoms in total. The molecule has 5 heteroatoms. The van der Waals surface area contributed by atoms with E-state index in [0.29, 0.717) is 0 Å². The Hall–Kier alpha value is -1.36. The Balaban J connectivity index is 0.00000243. The molecule has 2 aromatic rings. The SMILES string of the molecule is CC(C)(C)c1nn(-c2ccccc2)cc1CN1CCC(N)C(C)(C)C1.Cl. The molecule has 0 bridgehead atoms. The highest BCUT2D eigenvalue weighted by Gasteiger charge is 2.34. The summed E-state index contributed by atoms with van der Waals surface area (Å²) in [6.07, 6.45) is 3.27. The lowest BCUT2D eigenvalue weighted by molar-refractivity contribution is 0.0894. The fourth-order valence-electron chi connectivity index (χ4n) is 3.73. The summed E-state index contributed by atoms with van der Waals surface area (Å²) in [6.45, 7) is 14.3. The number of likely N-dealkylation sites (tertiary alicyclic amines) is 1. The summed E-state index contributed by atoms with van der Waals surface area (Å²) in [4.78, 5) is 2.53. The van der Waals surface area contributed by atoms with Crippen LogP contribution >= 0.6 is 12.4 Å². The average molecular weight is 377 g/mol. The van der Waals surface area contributed by atoms with E-state index in [1.165, 1.54) is 11.3 Å².